The molecule has 7 rings (SSSR count). The van der Waals surface area contributed by atoms with Gasteiger partial charge in [-0.05, 0) is 123 Å². The number of alkyl halides is 6. The number of hydrogen-bond donors (Lipinski definition) is 8. The Morgan fingerprint density at radius 3 is 1.06 bits per heavy atom. The van der Waals surface area contributed by atoms with Crippen molar-refractivity contribution in [1.29, 1.82) is 0 Å². The molecular formula is C80H104F6N10O12. The summed E-state index contributed by atoms with van der Waals surface area (Å²) in [6.07, 6.45) is -12.6. The molecule has 3 aliphatic rings. The van der Waals surface area contributed by atoms with E-state index < -0.39 is 167 Å². The average molecular weight is 1510 g/mol. The van der Waals surface area contributed by atoms with Crippen LogP contribution in [-0.2, 0) is 73.9 Å². The maximum absolute atomic E-state index is 16.3. The summed E-state index contributed by atoms with van der Waals surface area (Å²) < 4.78 is 108. The fourth-order valence-corrected chi connectivity index (χ4v) is 13.6. The number of ether oxygens (including phenoxy) is 2. The van der Waals surface area contributed by atoms with Crippen molar-refractivity contribution in [3.8, 4) is 0 Å². The van der Waals surface area contributed by atoms with Gasteiger partial charge in [-0.2, -0.15) is 26.3 Å². The number of nitrogens with one attached hydrogen (secondary N) is 8. The van der Waals surface area contributed by atoms with Crippen LogP contribution in [0.4, 0.5) is 35.9 Å². The molecule has 588 valence electrons. The van der Waals surface area contributed by atoms with E-state index in [1.54, 1.807) is 177 Å². The Hall–Kier alpha value is -9.76. The van der Waals surface area contributed by atoms with Crippen LogP contribution in [0, 0.1) is 35.5 Å². The highest BCUT2D eigenvalue weighted by molar-refractivity contribution is 5.97. The van der Waals surface area contributed by atoms with E-state index in [9.17, 15) is 28.8 Å². The van der Waals surface area contributed by atoms with Crippen LogP contribution in [-0.4, -0.2) is 156 Å². The molecule has 28 heteroatoms. The molecule has 0 aromatic heterocycles. The Morgan fingerprint density at radius 2 is 0.750 bits per heavy atom. The van der Waals surface area contributed by atoms with Gasteiger partial charge in [0.05, 0.1) is 35.1 Å². The highest BCUT2D eigenvalue weighted by Crippen LogP contribution is 2.37. The minimum Gasteiger partial charge on any atom is -0.445 e. The van der Waals surface area contributed by atoms with Crippen LogP contribution < -0.4 is 42.5 Å². The number of alkyl carbamates (subject to hydrolysis) is 2. The normalized spacial score (nSPS) is 24.1. The van der Waals surface area contributed by atoms with E-state index in [-0.39, 0.29) is 116 Å². The Bertz CT molecular complexity index is 3480. The van der Waals surface area contributed by atoms with E-state index in [0.29, 0.717) is 22.3 Å². The van der Waals surface area contributed by atoms with Gasteiger partial charge < -0.3 is 61.8 Å². The Balaban J connectivity index is 1.33. The maximum atomic E-state index is 16.3. The van der Waals surface area contributed by atoms with Crippen LogP contribution in [0.2, 0.25) is 0 Å². The first-order valence-corrected chi connectivity index (χ1v) is 37.3. The summed E-state index contributed by atoms with van der Waals surface area (Å²) in [6.45, 7) is 12.0. The molecule has 0 radical (unpaired) electrons. The third-order valence-electron chi connectivity index (χ3n) is 19.2. The standard InChI is InChI=1S/C80H104F6N10O12/c1-49(2)41-63-59(79(81,82)83)45-57(43-53-25-13-9-14-26-53)75(103)95-39-23-35-65(95)71(99)94-68(52(7)8)74(102)90-62(34-22-38-88-78(106)108-48-56-31-19-12-20-32-56)70(98)92-64(42-50(3)4)60(80(84,85)86)46-58(44-54-27-15-10-16-28-54)76(104)96-40-24-36-66(96)72(100)93-67(51(5)6)73(101)89-61(69(97)91-63)33-21-37-87-77(105)107-47-55-29-17-11-18-30-55/h9-20,25-32,45-46,49-52,57-58,61-68H,21-24,33-44,47-48H2,1-8H3,(H,87,105)(H,88,106)(H,89,101)(H,90,102)(H,91,97)(H,92,98)(H,93,100)(H,94,99)/b59-45+,60-46+/t57-,58-,61-,62-,63?,64?,65-,66-,67?,68?/m0/s1. The van der Waals surface area contributed by atoms with Crippen molar-refractivity contribution in [3.05, 3.63) is 167 Å². The second-order valence-corrected chi connectivity index (χ2v) is 29.4. The molecule has 3 aliphatic heterocycles. The van der Waals surface area contributed by atoms with Crippen LogP contribution >= 0.6 is 0 Å². The van der Waals surface area contributed by atoms with Crippen LogP contribution in [0.25, 0.3) is 0 Å². The molecule has 4 aromatic rings. The van der Waals surface area contributed by atoms with E-state index >= 15 is 45.5 Å². The molecule has 0 bridgehead atoms. The van der Waals surface area contributed by atoms with Gasteiger partial charge in [0.25, 0.3) is 0 Å². The van der Waals surface area contributed by atoms with Crippen molar-refractivity contribution in [3.63, 3.8) is 0 Å². The third kappa shape index (κ3) is 26.3. The lowest BCUT2D eigenvalue weighted by molar-refractivity contribution is -0.142. The monoisotopic (exact) mass is 1510 g/mol. The molecule has 10 atom stereocenters. The molecule has 0 aliphatic carbocycles. The van der Waals surface area contributed by atoms with Gasteiger partial charge >= 0.3 is 24.5 Å². The number of nitrogens with zero attached hydrogens (tertiary/aromatic N) is 2. The van der Waals surface area contributed by atoms with Crippen LogP contribution in [0.5, 0.6) is 0 Å². The summed E-state index contributed by atoms with van der Waals surface area (Å²) in [5.74, 6) is -13.8. The lowest BCUT2D eigenvalue weighted by Gasteiger charge is -2.33. The fraction of sp³-hybridized carbons (Fsp3) is 0.525. The number of hydrogen-bond acceptors (Lipinski definition) is 12. The Kier molecular flexibility index (Phi) is 32.4. The minimum absolute atomic E-state index is 0.0166. The zero-order valence-electron chi connectivity index (χ0n) is 62.6. The van der Waals surface area contributed by atoms with Crippen LogP contribution in [0.1, 0.15) is 142 Å². The number of fused-ring (bicyclic) bond motifs is 2. The van der Waals surface area contributed by atoms with E-state index in [0.717, 1.165) is 22.0 Å². The molecule has 4 aromatic carbocycles. The van der Waals surface area contributed by atoms with Crippen molar-refractivity contribution < 1.29 is 83.8 Å². The zero-order valence-corrected chi connectivity index (χ0v) is 62.6. The second kappa shape index (κ2) is 41.0. The third-order valence-corrected chi connectivity index (χ3v) is 19.2. The number of amides is 10. The number of halogens is 6. The predicted molar refractivity (Wildman–Crippen MR) is 393 cm³/mol. The molecule has 10 amide bonds. The number of carbonyl (C=O) groups excluding carboxylic acids is 10. The fourth-order valence-electron chi connectivity index (χ4n) is 13.6. The van der Waals surface area contributed by atoms with Crippen molar-refractivity contribution in [2.45, 2.75) is 206 Å². The van der Waals surface area contributed by atoms with Crippen molar-refractivity contribution in [1.82, 2.24) is 52.3 Å². The Labute approximate surface area is 627 Å². The molecule has 108 heavy (non-hydrogen) atoms. The van der Waals surface area contributed by atoms with Gasteiger partial charge in [-0.25, -0.2) is 9.59 Å². The highest BCUT2D eigenvalue weighted by atomic mass is 19.4. The first-order chi connectivity index (χ1) is 51.3. The second-order valence-electron chi connectivity index (χ2n) is 29.4. The maximum Gasteiger partial charge on any atom is 0.414 e. The summed E-state index contributed by atoms with van der Waals surface area (Å²) in [7, 11) is 0. The number of carbonyl (C=O) groups is 10. The molecule has 8 N–H and O–H groups in total. The summed E-state index contributed by atoms with van der Waals surface area (Å²) in [4.78, 5) is 149. The number of benzene rings is 4. The summed E-state index contributed by atoms with van der Waals surface area (Å²) in [6, 6.07) is 20.9. The first-order valence-electron chi connectivity index (χ1n) is 37.3. The zero-order chi connectivity index (χ0) is 78.8. The first kappa shape index (κ1) is 85.5. The lowest BCUT2D eigenvalue weighted by atomic mass is 9.89. The SMILES string of the molecule is CC(C)CC1NC(=O)[C@H](CCCNC(=O)OCc2ccccc2)NC(=O)C(C(C)C)NC(=O)[C@@H]2CCCN2C(=O)[C@@H](Cc2ccccc2)/C=C(/C(F)(F)F)C(CC(C)C)NC(=O)[C@H](CCCNC(=O)OCc2ccccc2)NC(=O)C(C(C)C)NC(=O)[C@@H]2CCCN2C(=O)[C@@H](Cc2ccccc2)/C=C\1C(F)(F)F. The average Bonchev–Trinajstić information content (AvgIpc) is 1.60. The van der Waals surface area contributed by atoms with Gasteiger partial charge in [0.2, 0.25) is 47.3 Å². The molecule has 0 spiro atoms. The van der Waals surface area contributed by atoms with Crippen molar-refractivity contribution in [2.75, 3.05) is 26.2 Å². The van der Waals surface area contributed by atoms with E-state index in [4.69, 9.17) is 9.47 Å². The van der Waals surface area contributed by atoms with Gasteiger partial charge in [-0.15, -0.1) is 0 Å². The van der Waals surface area contributed by atoms with E-state index in [2.05, 4.69) is 42.5 Å². The summed E-state index contributed by atoms with van der Waals surface area (Å²) >= 11 is 0. The Morgan fingerprint density at radius 1 is 0.435 bits per heavy atom. The molecule has 4 unspecified atom stereocenters. The molecule has 0 saturated carbocycles. The lowest BCUT2D eigenvalue weighted by Crippen LogP contribution is -2.59. The van der Waals surface area contributed by atoms with Gasteiger partial charge in [0, 0.05) is 26.2 Å². The number of rotatable bonds is 22. The minimum atomic E-state index is -5.25. The van der Waals surface area contributed by atoms with Crippen molar-refractivity contribution >= 4 is 59.4 Å². The van der Waals surface area contributed by atoms with Crippen molar-refractivity contribution in [2.24, 2.45) is 35.5 Å². The molecule has 22 nitrogen and oxygen atoms in total. The van der Waals surface area contributed by atoms with Gasteiger partial charge in [0.1, 0.15) is 49.5 Å². The van der Waals surface area contributed by atoms with Gasteiger partial charge in [-0.1, -0.05) is 189 Å². The molecular weight excluding hydrogens is 1410 g/mol. The topological polar surface area (TPSA) is 292 Å². The van der Waals surface area contributed by atoms with Crippen LogP contribution in [0.3, 0.4) is 0 Å². The molecule has 2 fully saturated rings. The largest absolute Gasteiger partial charge is 0.445 e. The quantitative estimate of drug-likeness (QED) is 0.0207. The molecule has 2 saturated heterocycles. The smallest absolute Gasteiger partial charge is 0.414 e. The van der Waals surface area contributed by atoms with E-state index in [1.165, 1.54) is 0 Å². The summed E-state index contributed by atoms with van der Waals surface area (Å²) in [5, 5.41) is 21.0. The highest BCUT2D eigenvalue weighted by Gasteiger charge is 2.47. The predicted octanol–water partition coefficient (Wildman–Crippen LogP) is 10.4. The van der Waals surface area contributed by atoms with Crippen LogP contribution in [0.15, 0.2) is 145 Å². The van der Waals surface area contributed by atoms with Gasteiger partial charge in [-0.3, -0.25) is 38.4 Å². The summed E-state index contributed by atoms with van der Waals surface area (Å²) in [5.41, 5.74) is -0.425. The molecule has 3 heterocycles. The van der Waals surface area contributed by atoms with E-state index in [1.807, 2.05) is 0 Å². The van der Waals surface area contributed by atoms with Gasteiger partial charge in [0.15, 0.2) is 0 Å².